The fourth-order valence-electron chi connectivity index (χ4n) is 6.42. The Morgan fingerprint density at radius 2 is 2.07 bits per heavy atom. The molecule has 0 saturated heterocycles. The van der Waals surface area contributed by atoms with Crippen molar-refractivity contribution in [1.82, 2.24) is 4.98 Å². The van der Waals surface area contributed by atoms with Crippen LogP contribution in [0.1, 0.15) is 79.9 Å². The molecule has 0 aliphatic heterocycles. The lowest BCUT2D eigenvalue weighted by Gasteiger charge is -2.58. The van der Waals surface area contributed by atoms with Crippen LogP contribution in [0, 0.1) is 17.8 Å². The minimum absolute atomic E-state index is 0.206. The van der Waals surface area contributed by atoms with Crippen molar-refractivity contribution in [2.75, 3.05) is 5.32 Å². The van der Waals surface area contributed by atoms with Gasteiger partial charge in [0.25, 0.3) is 0 Å². The summed E-state index contributed by atoms with van der Waals surface area (Å²) in [6.07, 6.45) is 14.7. The first-order valence-corrected chi connectivity index (χ1v) is 10.8. The number of carbonyl (C=O) groups is 1. The van der Waals surface area contributed by atoms with E-state index >= 15 is 0 Å². The van der Waals surface area contributed by atoms with E-state index in [1.54, 1.807) is 6.20 Å². The number of Topliss-reactive ketones (excluding diaryl/α,β-unsaturated/α-hetero) is 1. The lowest BCUT2D eigenvalue weighted by Crippen LogP contribution is -2.59. The highest BCUT2D eigenvalue weighted by molar-refractivity contribution is 6.03. The van der Waals surface area contributed by atoms with Crippen LogP contribution in [0.25, 0.3) is 6.08 Å². The predicted octanol–water partition coefficient (Wildman–Crippen LogP) is 4.38. The summed E-state index contributed by atoms with van der Waals surface area (Å²) in [4.78, 5) is 17.5. The van der Waals surface area contributed by atoms with Gasteiger partial charge in [-0.1, -0.05) is 25.5 Å². The zero-order chi connectivity index (χ0) is 18.6. The van der Waals surface area contributed by atoms with Gasteiger partial charge in [-0.25, -0.2) is 0 Å². The molecule has 4 heteroatoms. The number of hydrogen-bond acceptors (Lipinski definition) is 4. The predicted molar refractivity (Wildman–Crippen MR) is 107 cm³/mol. The lowest BCUT2D eigenvalue weighted by atomic mass is 9.52. The number of nitrogens with one attached hydrogen (secondary N) is 1. The molecule has 4 bridgehead atoms. The first-order valence-electron chi connectivity index (χ1n) is 10.8. The molecule has 144 valence electrons. The summed E-state index contributed by atoms with van der Waals surface area (Å²) in [5, 5.41) is 14.7. The van der Waals surface area contributed by atoms with Crippen LogP contribution in [0.3, 0.4) is 0 Å². The number of fused-ring (bicyclic) bond motifs is 1. The van der Waals surface area contributed by atoms with Crippen molar-refractivity contribution in [1.29, 1.82) is 0 Å². The number of pyridine rings is 1. The number of rotatable bonds is 6. The maximum Gasteiger partial charge on any atom is 0.166 e. The van der Waals surface area contributed by atoms with Gasteiger partial charge >= 0.3 is 0 Å². The number of allylic oxidation sites excluding steroid dienone is 1. The third kappa shape index (κ3) is 2.93. The molecule has 0 amide bonds. The summed E-state index contributed by atoms with van der Waals surface area (Å²) in [7, 11) is 0. The van der Waals surface area contributed by atoms with Crippen LogP contribution in [0.15, 0.2) is 12.3 Å². The monoisotopic (exact) mass is 366 g/mol. The van der Waals surface area contributed by atoms with Crippen LogP contribution in [-0.4, -0.2) is 27.5 Å². The third-order valence-electron chi connectivity index (χ3n) is 7.40. The van der Waals surface area contributed by atoms with E-state index in [4.69, 9.17) is 0 Å². The molecule has 6 rings (SSSR count). The zero-order valence-electron chi connectivity index (χ0n) is 16.2. The standard InChI is InChI=1S/C23H30N2O2/c1-2-3-7-20(26)18-13-24-19-6-4-5-17(19)22(18)25-21-15-8-14-9-16(21)12-23(27,10-14)11-15/h4-5,13-16,21,27H,2-3,6-12H2,1H3,(H,24,25)/t14?,15-,16+,21?,23?. The van der Waals surface area contributed by atoms with Gasteiger partial charge in [0.05, 0.1) is 22.5 Å². The molecule has 1 aromatic rings. The highest BCUT2D eigenvalue weighted by Crippen LogP contribution is 2.56. The number of carbonyl (C=O) groups excluding carboxylic acids is 1. The van der Waals surface area contributed by atoms with E-state index in [-0.39, 0.29) is 5.78 Å². The Balaban J connectivity index is 1.47. The number of anilines is 1. The molecule has 27 heavy (non-hydrogen) atoms. The van der Waals surface area contributed by atoms with Gasteiger partial charge in [-0.2, -0.15) is 0 Å². The maximum atomic E-state index is 12.9. The van der Waals surface area contributed by atoms with Crippen molar-refractivity contribution in [3.63, 3.8) is 0 Å². The summed E-state index contributed by atoms with van der Waals surface area (Å²) in [6, 6.07) is 0.375. The van der Waals surface area contributed by atoms with E-state index in [1.807, 2.05) is 0 Å². The number of hydrogen-bond donors (Lipinski definition) is 2. The molecular formula is C23H30N2O2. The molecule has 1 heterocycles. The Bertz CT molecular complexity index is 784. The number of aliphatic hydroxyl groups is 1. The molecule has 5 aliphatic carbocycles. The Hall–Kier alpha value is -1.68. The van der Waals surface area contributed by atoms with Crippen LogP contribution in [0.2, 0.25) is 0 Å². The molecule has 0 radical (unpaired) electrons. The number of ketones is 1. The second kappa shape index (κ2) is 6.44. The molecule has 4 saturated carbocycles. The molecule has 3 unspecified atom stereocenters. The fourth-order valence-corrected chi connectivity index (χ4v) is 6.42. The van der Waals surface area contributed by atoms with Gasteiger partial charge in [-0.3, -0.25) is 9.78 Å². The second-order valence-corrected chi connectivity index (χ2v) is 9.40. The molecule has 0 spiro atoms. The quantitative estimate of drug-likeness (QED) is 0.734. The van der Waals surface area contributed by atoms with Crippen molar-refractivity contribution in [2.45, 2.75) is 76.4 Å². The summed E-state index contributed by atoms with van der Waals surface area (Å²) in [5.74, 6) is 1.94. The molecule has 5 aliphatic rings. The van der Waals surface area contributed by atoms with Crippen LogP contribution in [-0.2, 0) is 6.42 Å². The number of aromatic nitrogens is 1. The molecule has 4 fully saturated rings. The van der Waals surface area contributed by atoms with E-state index in [2.05, 4.69) is 29.4 Å². The average molecular weight is 367 g/mol. The van der Waals surface area contributed by atoms with Crippen molar-refractivity contribution >= 4 is 17.5 Å². The average Bonchev–Trinajstić information content (AvgIpc) is 3.10. The molecule has 2 N–H and O–H groups in total. The SMILES string of the molecule is CCCCC(=O)c1cnc2c(c1NC1[C@@H]3CC4C[C@H]1CC(O)(C4)C3)C=CC2. The van der Waals surface area contributed by atoms with E-state index in [0.29, 0.717) is 30.2 Å². The number of unbranched alkanes of at least 4 members (excludes halogenated alkanes) is 1. The summed E-state index contributed by atoms with van der Waals surface area (Å²) < 4.78 is 0. The van der Waals surface area contributed by atoms with Crippen molar-refractivity contribution in [2.24, 2.45) is 17.8 Å². The van der Waals surface area contributed by atoms with Gasteiger partial charge in [0.15, 0.2) is 5.78 Å². The molecule has 4 nitrogen and oxygen atoms in total. The largest absolute Gasteiger partial charge is 0.390 e. The van der Waals surface area contributed by atoms with Crippen molar-refractivity contribution < 1.29 is 9.90 Å². The molecule has 1 aromatic heterocycles. The summed E-state index contributed by atoms with van der Waals surface area (Å²) in [6.45, 7) is 2.12. The molecule has 0 aromatic carbocycles. The topological polar surface area (TPSA) is 62.2 Å². The maximum absolute atomic E-state index is 12.9. The van der Waals surface area contributed by atoms with E-state index in [9.17, 15) is 9.90 Å². The highest BCUT2D eigenvalue weighted by Gasteiger charge is 2.54. The molecular weight excluding hydrogens is 336 g/mol. The van der Waals surface area contributed by atoms with Crippen molar-refractivity contribution in [3.05, 3.63) is 29.1 Å². The van der Waals surface area contributed by atoms with E-state index in [1.165, 1.54) is 12.8 Å². The van der Waals surface area contributed by atoms with Gasteiger partial charge in [0, 0.05) is 30.6 Å². The first-order chi connectivity index (χ1) is 13.1. The third-order valence-corrected chi connectivity index (χ3v) is 7.40. The van der Waals surface area contributed by atoms with Gasteiger partial charge in [0.1, 0.15) is 0 Å². The van der Waals surface area contributed by atoms with Gasteiger partial charge in [-0.05, 0) is 56.3 Å². The number of nitrogens with zero attached hydrogens (tertiary/aromatic N) is 1. The fraction of sp³-hybridized carbons (Fsp3) is 0.652. The Morgan fingerprint density at radius 3 is 2.78 bits per heavy atom. The molecule has 5 atom stereocenters. The van der Waals surface area contributed by atoms with Gasteiger partial charge in [-0.15, -0.1) is 0 Å². The van der Waals surface area contributed by atoms with Crippen molar-refractivity contribution in [3.8, 4) is 0 Å². The van der Waals surface area contributed by atoms with Crippen LogP contribution >= 0.6 is 0 Å². The van der Waals surface area contributed by atoms with Crippen LogP contribution in [0.4, 0.5) is 5.69 Å². The van der Waals surface area contributed by atoms with Crippen LogP contribution < -0.4 is 5.32 Å². The van der Waals surface area contributed by atoms with Crippen LogP contribution in [0.5, 0.6) is 0 Å². The Labute approximate surface area is 161 Å². The second-order valence-electron chi connectivity index (χ2n) is 9.40. The normalized spacial score (nSPS) is 35.5. The summed E-state index contributed by atoms with van der Waals surface area (Å²) >= 11 is 0. The Kier molecular flexibility index (Phi) is 4.15. The zero-order valence-corrected chi connectivity index (χ0v) is 16.2. The van der Waals surface area contributed by atoms with E-state index in [0.717, 1.165) is 61.0 Å². The van der Waals surface area contributed by atoms with Gasteiger partial charge in [0.2, 0.25) is 0 Å². The lowest BCUT2D eigenvalue weighted by molar-refractivity contribution is -0.129. The summed E-state index contributed by atoms with van der Waals surface area (Å²) in [5.41, 5.74) is 3.55. The Morgan fingerprint density at radius 1 is 1.30 bits per heavy atom. The van der Waals surface area contributed by atoms with Gasteiger partial charge < -0.3 is 10.4 Å². The minimum Gasteiger partial charge on any atom is -0.390 e. The first kappa shape index (κ1) is 17.4. The van der Waals surface area contributed by atoms with E-state index < -0.39 is 5.60 Å². The highest BCUT2D eigenvalue weighted by atomic mass is 16.3. The smallest absolute Gasteiger partial charge is 0.166 e. The minimum atomic E-state index is -0.422.